The number of amides is 2. The second kappa shape index (κ2) is 9.33. The topological polar surface area (TPSA) is 49.4 Å². The number of carbonyl (C=O) groups is 2. The first kappa shape index (κ1) is 20.5. The van der Waals surface area contributed by atoms with Gasteiger partial charge in [0.15, 0.2) is 0 Å². The van der Waals surface area contributed by atoms with Crippen LogP contribution in [-0.4, -0.2) is 40.4 Å². The fourth-order valence-corrected chi connectivity index (χ4v) is 5.82. The van der Waals surface area contributed by atoms with Gasteiger partial charge in [-0.2, -0.15) is 0 Å². The summed E-state index contributed by atoms with van der Waals surface area (Å²) < 4.78 is 0. The summed E-state index contributed by atoms with van der Waals surface area (Å²) in [6, 6.07) is 6.72. The Balaban J connectivity index is 1.85. The quantitative estimate of drug-likeness (QED) is 0.775. The Bertz CT molecular complexity index is 676. The Kier molecular flexibility index (Phi) is 7.10. The molecule has 1 aromatic carbocycles. The van der Waals surface area contributed by atoms with Crippen molar-refractivity contribution in [2.75, 3.05) is 12.3 Å². The number of hydrogen-bond acceptors (Lipinski definition) is 3. The van der Waals surface area contributed by atoms with E-state index < -0.39 is 6.04 Å². The molecular weight excluding hydrogens is 380 g/mol. The first-order chi connectivity index (χ1) is 13.0. The van der Waals surface area contributed by atoms with Crippen LogP contribution in [0.4, 0.5) is 0 Å². The number of hydrogen-bond donors (Lipinski definition) is 1. The Hall–Kier alpha value is -1.20. The van der Waals surface area contributed by atoms with Crippen molar-refractivity contribution in [3.63, 3.8) is 0 Å². The van der Waals surface area contributed by atoms with Crippen LogP contribution in [-0.2, 0) is 4.79 Å². The van der Waals surface area contributed by atoms with E-state index in [2.05, 4.69) is 19.2 Å². The molecule has 0 spiro atoms. The van der Waals surface area contributed by atoms with Gasteiger partial charge in [-0.15, -0.1) is 11.8 Å². The molecule has 1 saturated carbocycles. The summed E-state index contributed by atoms with van der Waals surface area (Å²) in [5.41, 5.74) is 0.490. The number of rotatable bonds is 5. The molecule has 2 amide bonds. The minimum atomic E-state index is -0.426. The van der Waals surface area contributed by atoms with Crippen molar-refractivity contribution in [2.45, 2.75) is 57.4 Å². The van der Waals surface area contributed by atoms with Gasteiger partial charge in [-0.1, -0.05) is 56.8 Å². The summed E-state index contributed by atoms with van der Waals surface area (Å²) in [5.74, 6) is 1.32. The molecule has 0 bridgehead atoms. The monoisotopic (exact) mass is 408 g/mol. The predicted molar refractivity (Wildman–Crippen MR) is 112 cm³/mol. The van der Waals surface area contributed by atoms with Crippen LogP contribution < -0.4 is 5.32 Å². The third-order valence-corrected chi connectivity index (χ3v) is 7.21. The van der Waals surface area contributed by atoms with Crippen molar-refractivity contribution in [1.82, 2.24) is 10.2 Å². The summed E-state index contributed by atoms with van der Waals surface area (Å²) in [6.45, 7) is 4.77. The first-order valence-corrected chi connectivity index (χ1v) is 11.4. The first-order valence-electron chi connectivity index (χ1n) is 9.95. The van der Waals surface area contributed by atoms with E-state index >= 15 is 0 Å². The van der Waals surface area contributed by atoms with Crippen molar-refractivity contribution in [2.24, 2.45) is 11.8 Å². The van der Waals surface area contributed by atoms with Crippen molar-refractivity contribution in [3.05, 3.63) is 34.9 Å². The number of halogens is 1. The molecule has 1 N–H and O–H groups in total. The number of nitrogens with zero attached hydrogens (tertiary/aromatic N) is 1. The summed E-state index contributed by atoms with van der Waals surface area (Å²) in [7, 11) is 0. The maximum Gasteiger partial charge on any atom is 0.256 e. The van der Waals surface area contributed by atoms with E-state index in [1.807, 2.05) is 17.0 Å². The highest BCUT2D eigenvalue weighted by molar-refractivity contribution is 8.00. The van der Waals surface area contributed by atoms with Gasteiger partial charge >= 0.3 is 0 Å². The molecule has 1 aromatic rings. The average Bonchev–Trinajstić information content (AvgIpc) is 3.12. The van der Waals surface area contributed by atoms with Gasteiger partial charge in [0.05, 0.1) is 16.0 Å². The highest BCUT2D eigenvalue weighted by Crippen LogP contribution is 2.41. The van der Waals surface area contributed by atoms with Gasteiger partial charge in [-0.05, 0) is 36.8 Å². The molecule has 2 aliphatic rings. The van der Waals surface area contributed by atoms with E-state index in [0.29, 0.717) is 34.7 Å². The van der Waals surface area contributed by atoms with Gasteiger partial charge in [-0.25, -0.2) is 0 Å². The van der Waals surface area contributed by atoms with Gasteiger partial charge in [0.25, 0.3) is 5.91 Å². The van der Waals surface area contributed by atoms with E-state index in [1.54, 1.807) is 23.9 Å². The number of carbonyl (C=O) groups excluding carboxylic acids is 2. The van der Waals surface area contributed by atoms with E-state index in [9.17, 15) is 9.59 Å². The maximum absolute atomic E-state index is 13.4. The molecule has 3 rings (SSSR count). The average molecular weight is 409 g/mol. The van der Waals surface area contributed by atoms with Gasteiger partial charge in [0.2, 0.25) is 5.91 Å². The molecule has 0 unspecified atom stereocenters. The van der Waals surface area contributed by atoms with Crippen LogP contribution in [0.15, 0.2) is 24.3 Å². The SMILES string of the molecule is CC(C)CNC(=O)[C@@H]1CS[C@@H](C2CCCCC2)N1C(=O)c1ccccc1Cl. The smallest absolute Gasteiger partial charge is 0.256 e. The zero-order valence-corrected chi connectivity index (χ0v) is 17.7. The van der Waals surface area contributed by atoms with Crippen LogP contribution in [0.1, 0.15) is 56.3 Å². The zero-order valence-electron chi connectivity index (χ0n) is 16.1. The minimum Gasteiger partial charge on any atom is -0.354 e. The van der Waals surface area contributed by atoms with E-state index in [4.69, 9.17) is 11.6 Å². The van der Waals surface area contributed by atoms with Gasteiger partial charge in [0, 0.05) is 12.3 Å². The molecule has 27 heavy (non-hydrogen) atoms. The lowest BCUT2D eigenvalue weighted by molar-refractivity contribution is -0.125. The van der Waals surface area contributed by atoms with Crippen molar-refractivity contribution in [3.8, 4) is 0 Å². The molecule has 6 heteroatoms. The second-order valence-electron chi connectivity index (χ2n) is 7.97. The van der Waals surface area contributed by atoms with E-state index in [1.165, 1.54) is 19.3 Å². The number of nitrogens with one attached hydrogen (secondary N) is 1. The fraction of sp³-hybridized carbons (Fsp3) is 0.619. The van der Waals surface area contributed by atoms with Crippen LogP contribution in [0.3, 0.4) is 0 Å². The molecule has 1 aliphatic heterocycles. The zero-order chi connectivity index (χ0) is 19.4. The van der Waals surface area contributed by atoms with Crippen molar-refractivity contribution in [1.29, 1.82) is 0 Å². The highest BCUT2D eigenvalue weighted by atomic mass is 35.5. The number of thioether (sulfide) groups is 1. The molecule has 1 aliphatic carbocycles. The van der Waals surface area contributed by atoms with Crippen LogP contribution in [0.5, 0.6) is 0 Å². The molecule has 0 radical (unpaired) electrons. The molecule has 2 atom stereocenters. The van der Waals surface area contributed by atoms with E-state index in [-0.39, 0.29) is 17.2 Å². The summed E-state index contributed by atoms with van der Waals surface area (Å²) in [6.07, 6.45) is 5.94. The molecular formula is C21H29ClN2O2S. The fourth-order valence-electron chi connectivity index (χ4n) is 3.97. The predicted octanol–water partition coefficient (Wildman–Crippen LogP) is 4.58. The molecule has 1 saturated heterocycles. The third kappa shape index (κ3) is 4.80. The highest BCUT2D eigenvalue weighted by Gasteiger charge is 2.45. The standard InChI is InChI=1S/C21H29ClN2O2S/c1-14(2)12-23-19(25)18-13-27-21(15-8-4-3-5-9-15)24(18)20(26)16-10-6-7-11-17(16)22/h6-7,10-11,14-15,18,21H,3-5,8-9,12-13H2,1-2H3,(H,23,25)/t18-,21-/m0/s1. The lowest BCUT2D eigenvalue weighted by Crippen LogP contribution is -2.52. The normalized spacial score (nSPS) is 23.6. The Morgan fingerprint density at radius 2 is 1.93 bits per heavy atom. The van der Waals surface area contributed by atoms with Crippen LogP contribution in [0.25, 0.3) is 0 Å². The van der Waals surface area contributed by atoms with Gasteiger partial charge in [-0.3, -0.25) is 9.59 Å². The van der Waals surface area contributed by atoms with Gasteiger partial charge in [0.1, 0.15) is 6.04 Å². The lowest BCUT2D eigenvalue weighted by Gasteiger charge is -2.35. The Labute approximate surface area is 171 Å². The van der Waals surface area contributed by atoms with Crippen LogP contribution >= 0.6 is 23.4 Å². The van der Waals surface area contributed by atoms with E-state index in [0.717, 1.165) is 12.8 Å². The minimum absolute atomic E-state index is 0.0464. The Morgan fingerprint density at radius 3 is 2.59 bits per heavy atom. The molecule has 1 heterocycles. The molecule has 0 aromatic heterocycles. The summed E-state index contributed by atoms with van der Waals surface area (Å²) in [4.78, 5) is 28.1. The van der Waals surface area contributed by atoms with Gasteiger partial charge < -0.3 is 10.2 Å². The summed E-state index contributed by atoms with van der Waals surface area (Å²) in [5, 5.41) is 3.53. The molecule has 2 fully saturated rings. The molecule has 148 valence electrons. The summed E-state index contributed by atoms with van der Waals surface area (Å²) >= 11 is 8.06. The second-order valence-corrected chi connectivity index (χ2v) is 9.53. The maximum atomic E-state index is 13.4. The molecule has 4 nitrogen and oxygen atoms in total. The van der Waals surface area contributed by atoms with Crippen LogP contribution in [0, 0.1) is 11.8 Å². The largest absolute Gasteiger partial charge is 0.354 e. The van der Waals surface area contributed by atoms with Crippen LogP contribution in [0.2, 0.25) is 5.02 Å². The third-order valence-electron chi connectivity index (χ3n) is 5.41. The number of benzene rings is 1. The van der Waals surface area contributed by atoms with Crippen molar-refractivity contribution < 1.29 is 9.59 Å². The lowest BCUT2D eigenvalue weighted by atomic mass is 9.88. The Morgan fingerprint density at radius 1 is 1.22 bits per heavy atom. The van der Waals surface area contributed by atoms with Crippen molar-refractivity contribution >= 4 is 35.2 Å².